The fraction of sp³-hybridized carbons (Fsp3) is 0.625. The summed E-state index contributed by atoms with van der Waals surface area (Å²) in [6.45, 7) is 11.0. The minimum absolute atomic E-state index is 0.0691. The molecule has 0 heterocycles. The molecule has 3 N–H and O–H groups in total. The number of aliphatic hydroxyl groups is 1. The van der Waals surface area contributed by atoms with Gasteiger partial charge < -0.3 is 34.9 Å². The number of nitrogens with zero attached hydrogens (tertiary/aromatic N) is 1. The van der Waals surface area contributed by atoms with E-state index in [-0.39, 0.29) is 32.8 Å². The molecule has 0 bridgehead atoms. The van der Waals surface area contributed by atoms with Gasteiger partial charge in [-0.25, -0.2) is 14.4 Å². The molecule has 1 atom stereocenters. The lowest BCUT2D eigenvalue weighted by Crippen LogP contribution is -2.45. The van der Waals surface area contributed by atoms with Gasteiger partial charge in [0.1, 0.15) is 17.8 Å². The van der Waals surface area contributed by atoms with E-state index in [1.807, 2.05) is 30.3 Å². The molecule has 0 aliphatic rings. The molecule has 0 aliphatic carbocycles. The van der Waals surface area contributed by atoms with E-state index in [1.165, 1.54) is 4.90 Å². The number of carbonyl (C=O) groups is 3. The van der Waals surface area contributed by atoms with E-state index in [0.29, 0.717) is 6.42 Å². The van der Waals surface area contributed by atoms with Gasteiger partial charge in [0.15, 0.2) is 0 Å². The van der Waals surface area contributed by atoms with Crippen molar-refractivity contribution in [3.05, 3.63) is 35.9 Å². The van der Waals surface area contributed by atoms with Crippen LogP contribution in [0.15, 0.2) is 30.3 Å². The first-order valence-corrected chi connectivity index (χ1v) is 11.3. The minimum Gasteiger partial charge on any atom is -0.445 e. The van der Waals surface area contributed by atoms with Gasteiger partial charge in [0, 0.05) is 19.6 Å². The Balaban J connectivity index is 2.50. The molecule has 0 spiro atoms. The lowest BCUT2D eigenvalue weighted by Gasteiger charge is -2.29. The van der Waals surface area contributed by atoms with Crippen LogP contribution in [0.5, 0.6) is 0 Å². The van der Waals surface area contributed by atoms with Crippen molar-refractivity contribution in [2.75, 3.05) is 26.2 Å². The first kappa shape index (κ1) is 29.0. The summed E-state index contributed by atoms with van der Waals surface area (Å²) in [7, 11) is 0. The summed E-state index contributed by atoms with van der Waals surface area (Å²) < 4.78 is 15.7. The Kier molecular flexibility index (Phi) is 11.6. The summed E-state index contributed by atoms with van der Waals surface area (Å²) in [5.74, 6) is 0. The summed E-state index contributed by atoms with van der Waals surface area (Å²) in [6, 6.07) is 9.21. The van der Waals surface area contributed by atoms with Gasteiger partial charge in [0.25, 0.3) is 0 Å². The van der Waals surface area contributed by atoms with Gasteiger partial charge in [-0.15, -0.1) is 0 Å². The Labute approximate surface area is 201 Å². The first-order chi connectivity index (χ1) is 15.7. The smallest absolute Gasteiger partial charge is 0.410 e. The molecule has 3 amide bonds. The zero-order chi connectivity index (χ0) is 25.8. The second kappa shape index (κ2) is 13.6. The topological polar surface area (TPSA) is 126 Å². The minimum atomic E-state index is -1.05. The highest BCUT2D eigenvalue weighted by molar-refractivity contribution is 5.69. The van der Waals surface area contributed by atoms with Crippen molar-refractivity contribution in [1.29, 1.82) is 0 Å². The number of benzene rings is 1. The van der Waals surface area contributed by atoms with Crippen LogP contribution >= 0.6 is 0 Å². The number of ether oxygens (including phenoxy) is 3. The quantitative estimate of drug-likeness (QED) is 0.345. The van der Waals surface area contributed by atoms with Gasteiger partial charge in [-0.2, -0.15) is 0 Å². The third kappa shape index (κ3) is 14.2. The number of hydrogen-bond acceptors (Lipinski definition) is 7. The Bertz CT molecular complexity index is 773. The number of amides is 3. The van der Waals surface area contributed by atoms with Crippen molar-refractivity contribution in [3.8, 4) is 0 Å². The highest BCUT2D eigenvalue weighted by Crippen LogP contribution is 2.11. The molecule has 10 heteroatoms. The van der Waals surface area contributed by atoms with Crippen LogP contribution in [0.1, 0.15) is 53.5 Å². The summed E-state index contributed by atoms with van der Waals surface area (Å²) in [6.07, 6.45) is -2.45. The van der Waals surface area contributed by atoms with Crippen molar-refractivity contribution < 1.29 is 33.7 Å². The molecule has 1 unspecified atom stereocenters. The maximum atomic E-state index is 12.6. The second-order valence-corrected chi connectivity index (χ2v) is 9.81. The van der Waals surface area contributed by atoms with Crippen LogP contribution in [0.25, 0.3) is 0 Å². The molecule has 1 aromatic rings. The van der Waals surface area contributed by atoms with Gasteiger partial charge in [-0.3, -0.25) is 0 Å². The molecular formula is C24H39N3O7. The molecule has 1 rings (SSSR count). The number of nitrogens with one attached hydrogen (secondary N) is 2. The first-order valence-electron chi connectivity index (χ1n) is 11.3. The Morgan fingerprint density at radius 3 is 2.15 bits per heavy atom. The van der Waals surface area contributed by atoms with E-state index in [0.717, 1.165) is 5.56 Å². The van der Waals surface area contributed by atoms with E-state index in [4.69, 9.17) is 14.2 Å². The van der Waals surface area contributed by atoms with Crippen LogP contribution in [-0.2, 0) is 20.8 Å². The molecular weight excluding hydrogens is 442 g/mol. The molecule has 34 heavy (non-hydrogen) atoms. The Morgan fingerprint density at radius 2 is 1.56 bits per heavy atom. The third-order valence-corrected chi connectivity index (χ3v) is 4.05. The number of aliphatic hydroxyl groups excluding tert-OH is 1. The number of rotatable bonds is 10. The van der Waals surface area contributed by atoms with Crippen LogP contribution < -0.4 is 10.6 Å². The predicted molar refractivity (Wildman–Crippen MR) is 127 cm³/mol. The maximum Gasteiger partial charge on any atom is 0.410 e. The monoisotopic (exact) mass is 481 g/mol. The van der Waals surface area contributed by atoms with Gasteiger partial charge in [-0.05, 0) is 53.5 Å². The van der Waals surface area contributed by atoms with Crippen molar-refractivity contribution in [2.45, 2.75) is 71.9 Å². The zero-order valence-electron chi connectivity index (χ0n) is 21.1. The van der Waals surface area contributed by atoms with E-state index < -0.39 is 35.6 Å². The number of carbonyl (C=O) groups excluding carboxylic acids is 3. The predicted octanol–water partition coefficient (Wildman–Crippen LogP) is 3.43. The normalized spacial score (nSPS) is 12.3. The molecule has 192 valence electrons. The van der Waals surface area contributed by atoms with Gasteiger partial charge in [-0.1, -0.05) is 30.3 Å². The lowest BCUT2D eigenvalue weighted by molar-refractivity contribution is 0.0144. The number of alkyl carbamates (subject to hydrolysis) is 2. The summed E-state index contributed by atoms with van der Waals surface area (Å²) in [4.78, 5) is 37.6. The molecule has 10 nitrogen and oxygen atoms in total. The SMILES string of the molecule is CC(C)(C)OC(=O)NCCCN(CC(O)CNC(=O)OCc1ccccc1)C(=O)OC(C)(C)C. The van der Waals surface area contributed by atoms with Crippen molar-refractivity contribution >= 4 is 18.3 Å². The molecule has 0 saturated carbocycles. The molecule has 1 aromatic carbocycles. The van der Waals surface area contributed by atoms with E-state index in [2.05, 4.69) is 10.6 Å². The fourth-order valence-electron chi connectivity index (χ4n) is 2.65. The standard InChI is InChI=1S/C24H39N3O7/c1-23(2,3)33-21(30)25-13-10-14-27(22(31)34-24(4,5)6)16-19(28)15-26-20(29)32-17-18-11-8-7-9-12-18/h7-9,11-12,19,28H,10,13-17H2,1-6H3,(H,25,30)(H,26,29). The summed E-state index contributed by atoms with van der Waals surface area (Å²) in [5, 5.41) is 15.5. The van der Waals surface area contributed by atoms with E-state index in [1.54, 1.807) is 41.5 Å². The van der Waals surface area contributed by atoms with Crippen molar-refractivity contribution in [3.63, 3.8) is 0 Å². The number of hydrogen-bond donors (Lipinski definition) is 3. The van der Waals surface area contributed by atoms with Gasteiger partial charge in [0.2, 0.25) is 0 Å². The van der Waals surface area contributed by atoms with Gasteiger partial charge in [0.05, 0.1) is 12.6 Å². The van der Waals surface area contributed by atoms with Crippen LogP contribution in [0.4, 0.5) is 14.4 Å². The van der Waals surface area contributed by atoms with Crippen LogP contribution in [0.3, 0.4) is 0 Å². The highest BCUT2D eigenvalue weighted by atomic mass is 16.6. The largest absolute Gasteiger partial charge is 0.445 e. The Hall–Kier alpha value is -3.01. The van der Waals surface area contributed by atoms with Crippen molar-refractivity contribution in [1.82, 2.24) is 15.5 Å². The average molecular weight is 482 g/mol. The van der Waals surface area contributed by atoms with Gasteiger partial charge >= 0.3 is 18.3 Å². The third-order valence-electron chi connectivity index (χ3n) is 4.05. The zero-order valence-corrected chi connectivity index (χ0v) is 21.1. The summed E-state index contributed by atoms with van der Waals surface area (Å²) >= 11 is 0. The maximum absolute atomic E-state index is 12.6. The van der Waals surface area contributed by atoms with Crippen LogP contribution in [0.2, 0.25) is 0 Å². The lowest BCUT2D eigenvalue weighted by atomic mass is 10.2. The molecule has 0 fully saturated rings. The molecule has 0 aromatic heterocycles. The average Bonchev–Trinajstić information content (AvgIpc) is 2.71. The highest BCUT2D eigenvalue weighted by Gasteiger charge is 2.24. The van der Waals surface area contributed by atoms with Crippen LogP contribution in [-0.4, -0.2) is 71.8 Å². The fourth-order valence-corrected chi connectivity index (χ4v) is 2.65. The molecule has 0 saturated heterocycles. The van der Waals surface area contributed by atoms with E-state index in [9.17, 15) is 19.5 Å². The molecule has 0 radical (unpaired) electrons. The molecule has 0 aliphatic heterocycles. The van der Waals surface area contributed by atoms with Crippen molar-refractivity contribution in [2.24, 2.45) is 0 Å². The van der Waals surface area contributed by atoms with Crippen LogP contribution in [0, 0.1) is 0 Å². The Morgan fingerprint density at radius 1 is 0.941 bits per heavy atom. The second-order valence-electron chi connectivity index (χ2n) is 9.81. The van der Waals surface area contributed by atoms with E-state index >= 15 is 0 Å². The summed E-state index contributed by atoms with van der Waals surface area (Å²) in [5.41, 5.74) is -0.477.